The second kappa shape index (κ2) is 6.54. The lowest BCUT2D eigenvalue weighted by Crippen LogP contribution is -2.47. The van der Waals surface area contributed by atoms with Crippen molar-refractivity contribution in [1.82, 2.24) is 0 Å². The van der Waals surface area contributed by atoms with E-state index in [1.165, 1.54) is 5.56 Å². The number of rotatable bonds is 3. The summed E-state index contributed by atoms with van der Waals surface area (Å²) < 4.78 is 6.56. The zero-order chi connectivity index (χ0) is 16.5. The van der Waals surface area contributed by atoms with Crippen LogP contribution in [0.15, 0.2) is 18.2 Å². The molecular formula is C18H30ClNOSi. The first kappa shape index (κ1) is 17.8. The van der Waals surface area contributed by atoms with Crippen LogP contribution in [0.4, 0.5) is 5.69 Å². The first-order chi connectivity index (χ1) is 10.1. The summed E-state index contributed by atoms with van der Waals surface area (Å²) in [6.45, 7) is 15.7. The van der Waals surface area contributed by atoms with Crippen molar-refractivity contribution >= 4 is 25.6 Å². The number of hydrogen-bond donors (Lipinski definition) is 0. The highest BCUT2D eigenvalue weighted by Crippen LogP contribution is 2.39. The monoisotopic (exact) mass is 339 g/mol. The van der Waals surface area contributed by atoms with E-state index in [-0.39, 0.29) is 5.04 Å². The molecule has 2 nitrogen and oxygen atoms in total. The molecule has 0 bridgehead atoms. The van der Waals surface area contributed by atoms with Crippen LogP contribution >= 0.6 is 11.6 Å². The number of nitrogens with zero attached hydrogens (tertiary/aromatic N) is 1. The van der Waals surface area contributed by atoms with Gasteiger partial charge in [-0.3, -0.25) is 0 Å². The standard InChI is InChI=1S/C18H30ClNOSi/c1-14-7-8-17(16(19)13-14)20-11-9-15(10-12-20)21-22(5,6)18(2,3)4/h7-8,13,15H,9-12H2,1-6H3. The summed E-state index contributed by atoms with van der Waals surface area (Å²) >= 11 is 6.40. The highest BCUT2D eigenvalue weighted by Gasteiger charge is 2.39. The Kier molecular flexibility index (Phi) is 5.30. The Balaban J connectivity index is 1.96. The summed E-state index contributed by atoms with van der Waals surface area (Å²) in [5.41, 5.74) is 2.38. The highest BCUT2D eigenvalue weighted by molar-refractivity contribution is 6.74. The number of hydrogen-bond acceptors (Lipinski definition) is 2. The molecule has 0 unspecified atom stereocenters. The van der Waals surface area contributed by atoms with Crippen LogP contribution in [0.1, 0.15) is 39.2 Å². The van der Waals surface area contributed by atoms with Crippen LogP contribution in [0.3, 0.4) is 0 Å². The number of benzene rings is 1. The van der Waals surface area contributed by atoms with Crippen LogP contribution in [-0.2, 0) is 4.43 Å². The highest BCUT2D eigenvalue weighted by atomic mass is 35.5. The quantitative estimate of drug-likeness (QED) is 0.661. The van der Waals surface area contributed by atoms with Crippen molar-refractivity contribution in [2.45, 2.75) is 64.8 Å². The van der Waals surface area contributed by atoms with Crippen LogP contribution < -0.4 is 4.90 Å². The molecular weight excluding hydrogens is 310 g/mol. The largest absolute Gasteiger partial charge is 0.414 e. The van der Waals surface area contributed by atoms with Gasteiger partial charge in [0.1, 0.15) is 0 Å². The second-order valence-electron chi connectivity index (χ2n) is 8.02. The van der Waals surface area contributed by atoms with Crippen molar-refractivity contribution in [3.63, 3.8) is 0 Å². The summed E-state index contributed by atoms with van der Waals surface area (Å²) in [5.74, 6) is 0. The van der Waals surface area contributed by atoms with E-state index in [0.717, 1.165) is 36.6 Å². The SMILES string of the molecule is Cc1ccc(N2CCC(O[Si](C)(C)C(C)(C)C)CC2)c(Cl)c1. The lowest BCUT2D eigenvalue weighted by Gasteiger charge is -2.42. The van der Waals surface area contributed by atoms with Crippen LogP contribution in [0.2, 0.25) is 23.2 Å². The van der Waals surface area contributed by atoms with Crippen LogP contribution in [0.25, 0.3) is 0 Å². The Bertz CT molecular complexity index is 516. The van der Waals surface area contributed by atoms with Crippen molar-refractivity contribution in [2.75, 3.05) is 18.0 Å². The number of aryl methyl sites for hydroxylation is 1. The molecule has 1 saturated heterocycles. The zero-order valence-corrected chi connectivity index (χ0v) is 16.6. The van der Waals surface area contributed by atoms with E-state index in [1.807, 2.05) is 0 Å². The van der Waals surface area contributed by atoms with E-state index < -0.39 is 8.32 Å². The maximum absolute atomic E-state index is 6.56. The normalized spacial score (nSPS) is 17.9. The van der Waals surface area contributed by atoms with Crippen LogP contribution in [0, 0.1) is 6.92 Å². The molecule has 1 aromatic carbocycles. The molecule has 0 atom stereocenters. The summed E-state index contributed by atoms with van der Waals surface area (Å²) in [7, 11) is -1.66. The molecule has 1 fully saturated rings. The van der Waals surface area contributed by atoms with E-state index >= 15 is 0 Å². The molecule has 0 aliphatic carbocycles. The molecule has 4 heteroatoms. The molecule has 0 radical (unpaired) electrons. The molecule has 1 aromatic rings. The van der Waals surface area contributed by atoms with E-state index in [1.54, 1.807) is 0 Å². The molecule has 1 aliphatic heterocycles. The third-order valence-electron chi connectivity index (χ3n) is 5.15. The summed E-state index contributed by atoms with van der Waals surface area (Å²) in [6.07, 6.45) is 2.59. The van der Waals surface area contributed by atoms with Crippen LogP contribution in [-0.4, -0.2) is 27.5 Å². The minimum absolute atomic E-state index is 0.282. The molecule has 124 valence electrons. The predicted molar refractivity (Wildman–Crippen MR) is 99.7 cm³/mol. The van der Waals surface area contributed by atoms with Gasteiger partial charge in [0.05, 0.1) is 10.7 Å². The summed E-state index contributed by atoms with van der Waals surface area (Å²) in [5, 5.41) is 1.15. The third kappa shape index (κ3) is 4.06. The molecule has 0 N–H and O–H groups in total. The van der Waals surface area contributed by atoms with Crippen molar-refractivity contribution in [3.8, 4) is 0 Å². The molecule has 0 saturated carbocycles. The van der Waals surface area contributed by atoms with Gasteiger partial charge in [-0.2, -0.15) is 0 Å². The van der Waals surface area contributed by atoms with Gasteiger partial charge in [-0.05, 0) is 55.6 Å². The number of halogens is 1. The molecule has 22 heavy (non-hydrogen) atoms. The second-order valence-corrected chi connectivity index (χ2v) is 13.2. The van der Waals surface area contributed by atoms with E-state index in [4.69, 9.17) is 16.0 Å². The molecule has 0 spiro atoms. The van der Waals surface area contributed by atoms with E-state index in [2.05, 4.69) is 63.9 Å². The number of piperidine rings is 1. The number of anilines is 1. The van der Waals surface area contributed by atoms with Gasteiger partial charge < -0.3 is 9.33 Å². The lowest BCUT2D eigenvalue weighted by atomic mass is 10.1. The fourth-order valence-electron chi connectivity index (χ4n) is 2.68. The Morgan fingerprint density at radius 3 is 2.27 bits per heavy atom. The van der Waals surface area contributed by atoms with Gasteiger partial charge in [0, 0.05) is 19.2 Å². The zero-order valence-electron chi connectivity index (χ0n) is 14.9. The van der Waals surface area contributed by atoms with E-state index in [0.29, 0.717) is 6.10 Å². The van der Waals surface area contributed by atoms with Gasteiger partial charge in [-0.1, -0.05) is 38.4 Å². The smallest absolute Gasteiger partial charge is 0.192 e. The average Bonchev–Trinajstić information content (AvgIpc) is 2.38. The predicted octanol–water partition coefficient (Wildman–Crippen LogP) is 5.64. The third-order valence-corrected chi connectivity index (χ3v) is 9.99. The summed E-state index contributed by atoms with van der Waals surface area (Å²) in [4.78, 5) is 2.40. The van der Waals surface area contributed by atoms with Gasteiger partial charge in [-0.15, -0.1) is 0 Å². The Morgan fingerprint density at radius 1 is 1.18 bits per heavy atom. The molecule has 1 heterocycles. The lowest BCUT2D eigenvalue weighted by molar-refractivity contribution is 0.152. The first-order valence-corrected chi connectivity index (χ1v) is 11.6. The molecule has 0 amide bonds. The summed E-state index contributed by atoms with van der Waals surface area (Å²) in [6, 6.07) is 6.33. The fraction of sp³-hybridized carbons (Fsp3) is 0.667. The van der Waals surface area contributed by atoms with Gasteiger partial charge >= 0.3 is 0 Å². The van der Waals surface area contributed by atoms with Gasteiger partial charge in [-0.25, -0.2) is 0 Å². The van der Waals surface area contributed by atoms with Crippen molar-refractivity contribution in [1.29, 1.82) is 0 Å². The maximum atomic E-state index is 6.56. The molecule has 2 rings (SSSR count). The van der Waals surface area contributed by atoms with Crippen LogP contribution in [0.5, 0.6) is 0 Å². The average molecular weight is 340 g/mol. The van der Waals surface area contributed by atoms with Crippen molar-refractivity contribution < 1.29 is 4.43 Å². The van der Waals surface area contributed by atoms with Crippen molar-refractivity contribution in [2.24, 2.45) is 0 Å². The minimum Gasteiger partial charge on any atom is -0.414 e. The molecule has 1 aliphatic rings. The first-order valence-electron chi connectivity index (χ1n) is 8.29. The fourth-order valence-corrected chi connectivity index (χ4v) is 4.45. The Labute approximate surface area is 141 Å². The van der Waals surface area contributed by atoms with Crippen molar-refractivity contribution in [3.05, 3.63) is 28.8 Å². The molecule has 0 aromatic heterocycles. The van der Waals surface area contributed by atoms with Gasteiger partial charge in [0.2, 0.25) is 0 Å². The van der Waals surface area contributed by atoms with Gasteiger partial charge in [0.25, 0.3) is 0 Å². The van der Waals surface area contributed by atoms with Gasteiger partial charge in [0.15, 0.2) is 8.32 Å². The Morgan fingerprint density at radius 2 is 1.77 bits per heavy atom. The topological polar surface area (TPSA) is 12.5 Å². The van der Waals surface area contributed by atoms with E-state index in [9.17, 15) is 0 Å². The maximum Gasteiger partial charge on any atom is 0.192 e. The minimum atomic E-state index is -1.66. The Hall–Kier alpha value is -0.513.